The van der Waals surface area contributed by atoms with Crippen LogP contribution in [0.5, 0.6) is 6.01 Å². The van der Waals surface area contributed by atoms with Crippen molar-refractivity contribution in [3.05, 3.63) is 5.28 Å². The predicted octanol–water partition coefficient (Wildman–Crippen LogP) is 2.13. The Balaban J connectivity index is 2.02. The van der Waals surface area contributed by atoms with Gasteiger partial charge < -0.3 is 10.1 Å². The van der Waals surface area contributed by atoms with E-state index in [1.54, 1.807) is 0 Å². The average Bonchev–Trinajstić information content (AvgIpc) is 2.15. The standard InChI is InChI=1S/C10H15ClN4O/c1-3-16-10-14-8(11)13-9(15-10)12-7-4-6(2)5-7/h6-7H,3-5H2,1-2H3,(H,12,13,14,15). The molecule has 1 heterocycles. The van der Waals surface area contributed by atoms with Crippen molar-refractivity contribution < 1.29 is 4.74 Å². The smallest absolute Gasteiger partial charge is 0.322 e. The van der Waals surface area contributed by atoms with Crippen molar-refractivity contribution in [1.82, 2.24) is 15.0 Å². The second kappa shape index (κ2) is 4.82. The van der Waals surface area contributed by atoms with Crippen molar-refractivity contribution in [2.24, 2.45) is 5.92 Å². The van der Waals surface area contributed by atoms with Gasteiger partial charge in [0.25, 0.3) is 0 Å². The van der Waals surface area contributed by atoms with Crippen molar-refractivity contribution in [2.45, 2.75) is 32.7 Å². The molecule has 1 saturated carbocycles. The number of hydrogen-bond acceptors (Lipinski definition) is 5. The highest BCUT2D eigenvalue weighted by Gasteiger charge is 2.26. The number of nitrogens with one attached hydrogen (secondary N) is 1. The number of nitrogens with zero attached hydrogens (tertiary/aromatic N) is 3. The molecule has 0 atom stereocenters. The van der Waals surface area contributed by atoms with Gasteiger partial charge in [0.1, 0.15) is 0 Å². The lowest BCUT2D eigenvalue weighted by Crippen LogP contribution is -2.34. The minimum absolute atomic E-state index is 0.160. The predicted molar refractivity (Wildman–Crippen MR) is 61.8 cm³/mol. The molecule has 0 aliphatic heterocycles. The molecule has 88 valence electrons. The molecule has 0 spiro atoms. The molecule has 1 aliphatic rings. The Morgan fingerprint density at radius 1 is 1.38 bits per heavy atom. The third kappa shape index (κ3) is 2.72. The molecule has 0 radical (unpaired) electrons. The van der Waals surface area contributed by atoms with Gasteiger partial charge in [-0.15, -0.1) is 0 Å². The number of halogens is 1. The van der Waals surface area contributed by atoms with Crippen molar-refractivity contribution in [3.63, 3.8) is 0 Å². The third-order valence-electron chi connectivity index (χ3n) is 2.57. The number of hydrogen-bond donors (Lipinski definition) is 1. The quantitative estimate of drug-likeness (QED) is 0.877. The molecule has 1 N–H and O–H groups in total. The van der Waals surface area contributed by atoms with E-state index in [9.17, 15) is 0 Å². The summed E-state index contributed by atoms with van der Waals surface area (Å²) in [5.41, 5.74) is 0. The summed E-state index contributed by atoms with van der Waals surface area (Å²) in [4.78, 5) is 12.0. The van der Waals surface area contributed by atoms with Crippen LogP contribution in [0.25, 0.3) is 0 Å². The summed E-state index contributed by atoms with van der Waals surface area (Å²) >= 11 is 5.78. The summed E-state index contributed by atoms with van der Waals surface area (Å²) in [5, 5.41) is 3.38. The summed E-state index contributed by atoms with van der Waals surface area (Å²) < 4.78 is 5.20. The van der Waals surface area contributed by atoms with Gasteiger partial charge in [-0.05, 0) is 37.3 Å². The molecule has 1 fully saturated rings. The van der Waals surface area contributed by atoms with Crippen molar-refractivity contribution >= 4 is 17.5 Å². The maximum atomic E-state index is 5.78. The van der Waals surface area contributed by atoms with Gasteiger partial charge in [0.15, 0.2) is 0 Å². The molecule has 5 nitrogen and oxygen atoms in total. The molecule has 2 rings (SSSR count). The fourth-order valence-corrected chi connectivity index (χ4v) is 1.95. The van der Waals surface area contributed by atoms with Gasteiger partial charge in [-0.25, -0.2) is 0 Å². The summed E-state index contributed by atoms with van der Waals surface area (Å²) in [6.45, 7) is 4.61. The minimum atomic E-state index is 0.160. The average molecular weight is 243 g/mol. The van der Waals surface area contributed by atoms with Crippen LogP contribution >= 0.6 is 11.6 Å². The van der Waals surface area contributed by atoms with E-state index in [1.165, 1.54) is 0 Å². The first-order chi connectivity index (χ1) is 7.67. The summed E-state index contributed by atoms with van der Waals surface area (Å²) in [5.74, 6) is 1.28. The van der Waals surface area contributed by atoms with E-state index in [2.05, 4.69) is 27.2 Å². The Morgan fingerprint density at radius 3 is 2.75 bits per heavy atom. The van der Waals surface area contributed by atoms with Crippen LogP contribution in [0, 0.1) is 5.92 Å². The molecular formula is C10H15ClN4O. The Morgan fingerprint density at radius 2 is 2.12 bits per heavy atom. The molecular weight excluding hydrogens is 228 g/mol. The molecule has 1 aromatic rings. The van der Waals surface area contributed by atoms with Crippen LogP contribution in [0.2, 0.25) is 5.28 Å². The van der Waals surface area contributed by atoms with Crippen LogP contribution in [0.15, 0.2) is 0 Å². The van der Waals surface area contributed by atoms with Crippen molar-refractivity contribution in [3.8, 4) is 6.01 Å². The third-order valence-corrected chi connectivity index (χ3v) is 2.74. The van der Waals surface area contributed by atoms with Gasteiger partial charge >= 0.3 is 6.01 Å². The Kier molecular flexibility index (Phi) is 3.43. The van der Waals surface area contributed by atoms with Crippen LogP contribution in [-0.4, -0.2) is 27.6 Å². The Hall–Kier alpha value is -1.10. The summed E-state index contributed by atoms with van der Waals surface area (Å²) in [6.07, 6.45) is 2.29. The van der Waals surface area contributed by atoms with Crippen LogP contribution in [0.1, 0.15) is 26.7 Å². The van der Waals surface area contributed by atoms with Crippen LogP contribution < -0.4 is 10.1 Å². The lowest BCUT2D eigenvalue weighted by molar-refractivity contribution is 0.302. The van der Waals surface area contributed by atoms with Crippen LogP contribution in [-0.2, 0) is 0 Å². The van der Waals surface area contributed by atoms with Crippen LogP contribution in [0.3, 0.4) is 0 Å². The van der Waals surface area contributed by atoms with E-state index in [-0.39, 0.29) is 11.3 Å². The fourth-order valence-electron chi connectivity index (χ4n) is 1.79. The first-order valence-electron chi connectivity index (χ1n) is 5.48. The van der Waals surface area contributed by atoms with E-state index in [0.717, 1.165) is 18.8 Å². The normalized spacial score (nSPS) is 23.7. The monoisotopic (exact) mass is 242 g/mol. The second-order valence-electron chi connectivity index (χ2n) is 4.06. The zero-order valence-corrected chi connectivity index (χ0v) is 10.2. The second-order valence-corrected chi connectivity index (χ2v) is 4.40. The largest absolute Gasteiger partial charge is 0.464 e. The summed E-state index contributed by atoms with van der Waals surface area (Å²) in [6, 6.07) is 0.723. The van der Waals surface area contributed by atoms with Gasteiger partial charge in [0, 0.05) is 6.04 Å². The molecule has 6 heteroatoms. The molecule has 0 unspecified atom stereocenters. The highest BCUT2D eigenvalue weighted by atomic mass is 35.5. The van der Waals surface area contributed by atoms with E-state index in [0.29, 0.717) is 18.6 Å². The van der Waals surface area contributed by atoms with Gasteiger partial charge in [0.2, 0.25) is 11.2 Å². The first kappa shape index (κ1) is 11.4. The van der Waals surface area contributed by atoms with Crippen LogP contribution in [0.4, 0.5) is 5.95 Å². The Labute approximate surface area is 99.6 Å². The lowest BCUT2D eigenvalue weighted by Gasteiger charge is -2.33. The van der Waals surface area contributed by atoms with Gasteiger partial charge in [-0.1, -0.05) is 6.92 Å². The molecule has 1 aliphatic carbocycles. The first-order valence-corrected chi connectivity index (χ1v) is 5.86. The Bertz CT molecular complexity index is 368. The van der Waals surface area contributed by atoms with Gasteiger partial charge in [0.05, 0.1) is 6.61 Å². The number of ether oxygens (including phenoxy) is 1. The van der Waals surface area contributed by atoms with E-state index < -0.39 is 0 Å². The molecule has 0 aromatic carbocycles. The van der Waals surface area contributed by atoms with E-state index in [4.69, 9.17) is 16.3 Å². The number of rotatable bonds is 4. The maximum absolute atomic E-state index is 5.78. The van der Waals surface area contributed by atoms with Gasteiger partial charge in [-0.3, -0.25) is 0 Å². The molecule has 0 amide bonds. The molecule has 0 saturated heterocycles. The number of aromatic nitrogens is 3. The zero-order chi connectivity index (χ0) is 11.5. The van der Waals surface area contributed by atoms with Crippen molar-refractivity contribution in [2.75, 3.05) is 11.9 Å². The SMILES string of the molecule is CCOc1nc(Cl)nc(NC2CC(C)C2)n1. The fraction of sp³-hybridized carbons (Fsp3) is 0.700. The number of anilines is 1. The van der Waals surface area contributed by atoms with E-state index in [1.807, 2.05) is 6.92 Å². The molecule has 0 bridgehead atoms. The lowest BCUT2D eigenvalue weighted by atomic mass is 9.82. The zero-order valence-electron chi connectivity index (χ0n) is 9.40. The molecule has 16 heavy (non-hydrogen) atoms. The maximum Gasteiger partial charge on any atom is 0.322 e. The topological polar surface area (TPSA) is 59.9 Å². The highest BCUT2D eigenvalue weighted by Crippen LogP contribution is 2.28. The highest BCUT2D eigenvalue weighted by molar-refractivity contribution is 6.28. The molecule has 1 aromatic heterocycles. The van der Waals surface area contributed by atoms with E-state index >= 15 is 0 Å². The van der Waals surface area contributed by atoms with Gasteiger partial charge in [-0.2, -0.15) is 15.0 Å². The minimum Gasteiger partial charge on any atom is -0.464 e. The van der Waals surface area contributed by atoms with Crippen molar-refractivity contribution in [1.29, 1.82) is 0 Å². The summed E-state index contributed by atoms with van der Waals surface area (Å²) in [7, 11) is 0.